The maximum atomic E-state index is 11.9. The summed E-state index contributed by atoms with van der Waals surface area (Å²) in [4.78, 5) is 0. The lowest BCUT2D eigenvalue weighted by Gasteiger charge is -2.23. The van der Waals surface area contributed by atoms with E-state index >= 15 is 0 Å². The fourth-order valence-corrected chi connectivity index (χ4v) is 4.31. The standard InChI is InChI=1S/C11H22N2O2S/c14-16(15,11-5-1-2-6-11)13-9-10-4-3-7-12-8-10/h10-13H,1-9H2. The third-order valence-corrected chi connectivity index (χ3v) is 5.63. The molecule has 1 saturated heterocycles. The molecule has 2 fully saturated rings. The van der Waals surface area contributed by atoms with Crippen molar-refractivity contribution in [2.24, 2.45) is 5.92 Å². The Morgan fingerprint density at radius 2 is 1.88 bits per heavy atom. The van der Waals surface area contributed by atoms with Gasteiger partial charge in [-0.25, -0.2) is 13.1 Å². The van der Waals surface area contributed by atoms with Crippen LogP contribution in [0.2, 0.25) is 0 Å². The summed E-state index contributed by atoms with van der Waals surface area (Å²) < 4.78 is 26.7. The summed E-state index contributed by atoms with van der Waals surface area (Å²) in [5.41, 5.74) is 0. The Kier molecular flexibility index (Phi) is 4.21. The Morgan fingerprint density at radius 1 is 1.12 bits per heavy atom. The van der Waals surface area contributed by atoms with Crippen molar-refractivity contribution in [2.75, 3.05) is 19.6 Å². The third kappa shape index (κ3) is 3.18. The lowest BCUT2D eigenvalue weighted by molar-refractivity contribution is 0.375. The van der Waals surface area contributed by atoms with Crippen LogP contribution < -0.4 is 10.0 Å². The van der Waals surface area contributed by atoms with Crippen molar-refractivity contribution in [3.05, 3.63) is 0 Å². The summed E-state index contributed by atoms with van der Waals surface area (Å²) >= 11 is 0. The first-order valence-corrected chi connectivity index (χ1v) is 7.92. The maximum absolute atomic E-state index is 11.9. The highest BCUT2D eigenvalue weighted by Crippen LogP contribution is 2.24. The smallest absolute Gasteiger partial charge is 0.214 e. The first-order chi connectivity index (χ1) is 7.68. The van der Waals surface area contributed by atoms with Gasteiger partial charge in [-0.2, -0.15) is 0 Å². The van der Waals surface area contributed by atoms with Crippen LogP contribution in [0.5, 0.6) is 0 Å². The van der Waals surface area contributed by atoms with E-state index in [4.69, 9.17) is 0 Å². The minimum absolute atomic E-state index is 0.121. The highest BCUT2D eigenvalue weighted by atomic mass is 32.2. The van der Waals surface area contributed by atoms with Gasteiger partial charge in [0.15, 0.2) is 0 Å². The number of hydrogen-bond donors (Lipinski definition) is 2. The Hall–Kier alpha value is -0.130. The highest BCUT2D eigenvalue weighted by molar-refractivity contribution is 7.90. The molecule has 16 heavy (non-hydrogen) atoms. The molecule has 0 bridgehead atoms. The zero-order chi connectivity index (χ0) is 11.4. The number of nitrogens with one attached hydrogen (secondary N) is 2. The molecule has 94 valence electrons. The van der Waals surface area contributed by atoms with Crippen LogP contribution in [0.4, 0.5) is 0 Å². The molecule has 1 saturated carbocycles. The number of piperidine rings is 1. The molecule has 2 rings (SSSR count). The van der Waals surface area contributed by atoms with Gasteiger partial charge in [0.2, 0.25) is 10.0 Å². The maximum Gasteiger partial charge on any atom is 0.214 e. The zero-order valence-corrected chi connectivity index (χ0v) is 10.6. The summed E-state index contributed by atoms with van der Waals surface area (Å²) in [7, 11) is -3.04. The molecule has 4 nitrogen and oxygen atoms in total. The van der Waals surface area contributed by atoms with Gasteiger partial charge in [0.05, 0.1) is 5.25 Å². The molecule has 0 aromatic rings. The van der Waals surface area contributed by atoms with Gasteiger partial charge in [0.1, 0.15) is 0 Å². The normalized spacial score (nSPS) is 28.4. The quantitative estimate of drug-likeness (QED) is 0.773. The molecular weight excluding hydrogens is 224 g/mol. The molecular formula is C11H22N2O2S. The van der Waals surface area contributed by atoms with Crippen LogP contribution in [0, 0.1) is 5.92 Å². The largest absolute Gasteiger partial charge is 0.316 e. The van der Waals surface area contributed by atoms with Crippen LogP contribution in [0.25, 0.3) is 0 Å². The van der Waals surface area contributed by atoms with Crippen molar-refractivity contribution in [2.45, 2.75) is 43.8 Å². The first-order valence-electron chi connectivity index (χ1n) is 6.38. The van der Waals surface area contributed by atoms with Gasteiger partial charge in [0.25, 0.3) is 0 Å². The molecule has 1 aliphatic carbocycles. The van der Waals surface area contributed by atoms with Crippen molar-refractivity contribution in [1.29, 1.82) is 0 Å². The minimum atomic E-state index is -3.04. The van der Waals surface area contributed by atoms with Crippen molar-refractivity contribution in [3.8, 4) is 0 Å². The predicted octanol–water partition coefficient (Wildman–Crippen LogP) is 0.848. The van der Waals surface area contributed by atoms with Crippen LogP contribution in [0.15, 0.2) is 0 Å². The topological polar surface area (TPSA) is 58.2 Å². The van der Waals surface area contributed by atoms with E-state index in [9.17, 15) is 8.42 Å². The lowest BCUT2D eigenvalue weighted by atomic mass is 10.0. The van der Waals surface area contributed by atoms with Crippen LogP contribution in [-0.4, -0.2) is 33.3 Å². The lowest BCUT2D eigenvalue weighted by Crippen LogP contribution is -2.40. The Bertz CT molecular complexity index is 304. The second-order valence-corrected chi connectivity index (χ2v) is 7.06. The van der Waals surface area contributed by atoms with Gasteiger partial charge in [-0.05, 0) is 44.7 Å². The number of rotatable bonds is 4. The third-order valence-electron chi connectivity index (χ3n) is 3.71. The fourth-order valence-electron chi connectivity index (χ4n) is 2.65. The number of hydrogen-bond acceptors (Lipinski definition) is 3. The van der Waals surface area contributed by atoms with Crippen molar-refractivity contribution >= 4 is 10.0 Å². The van der Waals surface area contributed by atoms with E-state index in [0.717, 1.165) is 51.6 Å². The molecule has 0 radical (unpaired) electrons. The molecule has 0 aromatic heterocycles. The molecule has 0 spiro atoms. The molecule has 2 N–H and O–H groups in total. The van der Waals surface area contributed by atoms with E-state index in [1.54, 1.807) is 0 Å². The van der Waals surface area contributed by atoms with Gasteiger partial charge < -0.3 is 5.32 Å². The monoisotopic (exact) mass is 246 g/mol. The highest BCUT2D eigenvalue weighted by Gasteiger charge is 2.29. The van der Waals surface area contributed by atoms with E-state index in [0.29, 0.717) is 12.5 Å². The SMILES string of the molecule is O=S(=O)(NCC1CCCNC1)C1CCCC1. The van der Waals surface area contributed by atoms with Gasteiger partial charge in [-0.1, -0.05) is 12.8 Å². The van der Waals surface area contributed by atoms with E-state index in [1.807, 2.05) is 0 Å². The van der Waals surface area contributed by atoms with Crippen LogP contribution in [-0.2, 0) is 10.0 Å². The van der Waals surface area contributed by atoms with Crippen LogP contribution in [0.3, 0.4) is 0 Å². The minimum Gasteiger partial charge on any atom is -0.316 e. The van der Waals surface area contributed by atoms with Crippen molar-refractivity contribution < 1.29 is 8.42 Å². The molecule has 1 aliphatic heterocycles. The summed E-state index contributed by atoms with van der Waals surface area (Å²) in [6.45, 7) is 2.64. The second kappa shape index (κ2) is 5.47. The van der Waals surface area contributed by atoms with E-state index in [-0.39, 0.29) is 5.25 Å². The summed E-state index contributed by atoms with van der Waals surface area (Å²) in [5.74, 6) is 0.477. The molecule has 1 atom stereocenters. The van der Waals surface area contributed by atoms with Gasteiger partial charge >= 0.3 is 0 Å². The first kappa shape index (κ1) is 12.3. The van der Waals surface area contributed by atoms with Gasteiger partial charge in [-0.3, -0.25) is 0 Å². The summed E-state index contributed by atoms with van der Waals surface area (Å²) in [6.07, 6.45) is 6.12. The van der Waals surface area contributed by atoms with E-state index in [1.165, 1.54) is 0 Å². The second-order valence-electron chi connectivity index (χ2n) is 5.01. The average Bonchev–Trinajstić information content (AvgIpc) is 2.82. The van der Waals surface area contributed by atoms with Crippen molar-refractivity contribution in [1.82, 2.24) is 10.0 Å². The van der Waals surface area contributed by atoms with E-state index in [2.05, 4.69) is 10.0 Å². The summed E-state index contributed by atoms with van der Waals surface area (Å²) in [6, 6.07) is 0. The Morgan fingerprint density at radius 3 is 2.50 bits per heavy atom. The van der Waals surface area contributed by atoms with Crippen molar-refractivity contribution in [3.63, 3.8) is 0 Å². The molecule has 2 aliphatic rings. The predicted molar refractivity (Wildman–Crippen MR) is 64.8 cm³/mol. The van der Waals surface area contributed by atoms with Gasteiger partial charge in [0, 0.05) is 6.54 Å². The van der Waals surface area contributed by atoms with E-state index < -0.39 is 10.0 Å². The molecule has 5 heteroatoms. The van der Waals surface area contributed by atoms with Gasteiger partial charge in [-0.15, -0.1) is 0 Å². The Balaban J connectivity index is 1.79. The molecule has 1 heterocycles. The summed E-state index contributed by atoms with van der Waals surface area (Å²) in [5, 5.41) is 3.18. The zero-order valence-electron chi connectivity index (χ0n) is 9.74. The van der Waals surface area contributed by atoms with Crippen LogP contribution in [0.1, 0.15) is 38.5 Å². The molecule has 0 aromatic carbocycles. The Labute approximate surface area is 98.2 Å². The fraction of sp³-hybridized carbons (Fsp3) is 1.00. The molecule has 0 amide bonds. The molecule has 1 unspecified atom stereocenters. The average molecular weight is 246 g/mol. The van der Waals surface area contributed by atoms with Crippen LogP contribution >= 0.6 is 0 Å². The number of sulfonamides is 1.